The van der Waals surface area contributed by atoms with Crippen molar-refractivity contribution in [3.63, 3.8) is 0 Å². The molecule has 0 spiro atoms. The number of anilines is 2. The molecule has 0 radical (unpaired) electrons. The van der Waals surface area contributed by atoms with Crippen LogP contribution < -0.4 is 14.9 Å². The zero-order chi connectivity index (χ0) is 25.4. The summed E-state index contributed by atoms with van der Waals surface area (Å²) in [6.45, 7) is 1.96. The molecule has 3 aromatic rings. The first-order valence-electron chi connectivity index (χ1n) is 10.9. The molecule has 2 N–H and O–H groups in total. The average Bonchev–Trinajstić information content (AvgIpc) is 2.83. The molecule has 0 aliphatic carbocycles. The van der Waals surface area contributed by atoms with Gasteiger partial charge >= 0.3 is 0 Å². The highest BCUT2D eigenvalue weighted by atomic mass is 35.5. The van der Waals surface area contributed by atoms with E-state index in [0.29, 0.717) is 6.54 Å². The number of rotatable bonds is 10. The second-order valence-corrected chi connectivity index (χ2v) is 10.4. The molecular formula is C25H25Cl2N3O4S. The predicted octanol–water partition coefficient (Wildman–Crippen LogP) is 5.36. The SMILES string of the molecule is CCCCNC(=O)c1ccccc1NC(=O)CN(c1cc(Cl)cc(Cl)c1)S(=O)(=O)c1ccccc1. The quantitative estimate of drug-likeness (QED) is 0.343. The van der Waals surface area contributed by atoms with Gasteiger partial charge in [-0.1, -0.05) is 66.9 Å². The Kier molecular flexibility index (Phi) is 9.14. The highest BCUT2D eigenvalue weighted by molar-refractivity contribution is 7.92. The molecule has 3 rings (SSSR count). The number of sulfonamides is 1. The van der Waals surface area contributed by atoms with Gasteiger partial charge in [-0.15, -0.1) is 0 Å². The smallest absolute Gasteiger partial charge is 0.264 e. The van der Waals surface area contributed by atoms with Crippen molar-refractivity contribution in [3.05, 3.63) is 88.4 Å². The van der Waals surface area contributed by atoms with E-state index in [4.69, 9.17) is 23.2 Å². The van der Waals surface area contributed by atoms with E-state index >= 15 is 0 Å². The minimum absolute atomic E-state index is 0.000370. The van der Waals surface area contributed by atoms with Crippen molar-refractivity contribution in [2.75, 3.05) is 22.7 Å². The molecule has 0 aromatic heterocycles. The molecule has 0 atom stereocenters. The van der Waals surface area contributed by atoms with E-state index in [1.54, 1.807) is 42.5 Å². The van der Waals surface area contributed by atoms with Crippen molar-refractivity contribution in [2.24, 2.45) is 0 Å². The van der Waals surface area contributed by atoms with Crippen molar-refractivity contribution in [1.29, 1.82) is 0 Å². The Morgan fingerprint density at radius 1 is 0.914 bits per heavy atom. The van der Waals surface area contributed by atoms with Gasteiger partial charge in [0.25, 0.3) is 15.9 Å². The van der Waals surface area contributed by atoms with Gasteiger partial charge in [0.15, 0.2) is 0 Å². The number of hydrogen-bond donors (Lipinski definition) is 2. The number of hydrogen-bond acceptors (Lipinski definition) is 4. The van der Waals surface area contributed by atoms with Gasteiger partial charge < -0.3 is 10.6 Å². The fourth-order valence-electron chi connectivity index (χ4n) is 3.30. The van der Waals surface area contributed by atoms with E-state index in [9.17, 15) is 18.0 Å². The molecule has 0 fully saturated rings. The summed E-state index contributed by atoms with van der Waals surface area (Å²) in [7, 11) is -4.14. The topological polar surface area (TPSA) is 95.6 Å². The van der Waals surface area contributed by atoms with Crippen molar-refractivity contribution in [1.82, 2.24) is 5.32 Å². The number of halogens is 2. The van der Waals surface area contributed by atoms with Crippen LogP contribution in [0.2, 0.25) is 10.0 Å². The number of nitrogens with one attached hydrogen (secondary N) is 2. The van der Waals surface area contributed by atoms with Crippen LogP contribution in [-0.4, -0.2) is 33.3 Å². The first-order chi connectivity index (χ1) is 16.7. The lowest BCUT2D eigenvalue weighted by molar-refractivity contribution is -0.114. The van der Waals surface area contributed by atoms with E-state index in [0.717, 1.165) is 17.1 Å². The molecule has 0 saturated heterocycles. The van der Waals surface area contributed by atoms with E-state index in [1.165, 1.54) is 30.3 Å². The lowest BCUT2D eigenvalue weighted by atomic mass is 10.1. The highest BCUT2D eigenvalue weighted by Crippen LogP contribution is 2.30. The molecule has 7 nitrogen and oxygen atoms in total. The van der Waals surface area contributed by atoms with Crippen LogP contribution in [-0.2, 0) is 14.8 Å². The van der Waals surface area contributed by atoms with Gasteiger partial charge in [-0.25, -0.2) is 8.42 Å². The molecule has 35 heavy (non-hydrogen) atoms. The molecule has 184 valence electrons. The summed E-state index contributed by atoms with van der Waals surface area (Å²) in [6.07, 6.45) is 1.76. The Morgan fingerprint density at radius 2 is 1.54 bits per heavy atom. The van der Waals surface area contributed by atoms with Crippen molar-refractivity contribution >= 4 is 56.4 Å². The lowest BCUT2D eigenvalue weighted by Crippen LogP contribution is -2.38. The first kappa shape index (κ1) is 26.5. The minimum atomic E-state index is -4.14. The Labute approximate surface area is 215 Å². The number of amides is 2. The first-order valence-corrected chi connectivity index (χ1v) is 13.1. The summed E-state index contributed by atoms with van der Waals surface area (Å²) in [6, 6.07) is 18.6. The monoisotopic (exact) mass is 533 g/mol. The molecule has 0 aliphatic rings. The van der Waals surface area contributed by atoms with Crippen LogP contribution in [0.15, 0.2) is 77.7 Å². The summed E-state index contributed by atoms with van der Waals surface area (Å²) in [4.78, 5) is 25.7. The summed E-state index contributed by atoms with van der Waals surface area (Å²) < 4.78 is 27.9. The largest absolute Gasteiger partial charge is 0.352 e. The molecule has 2 amide bonds. The van der Waals surface area contributed by atoms with Crippen LogP contribution in [0.25, 0.3) is 0 Å². The number of nitrogens with zero attached hydrogens (tertiary/aromatic N) is 1. The van der Waals surface area contributed by atoms with Crippen LogP contribution >= 0.6 is 23.2 Å². The van der Waals surface area contributed by atoms with Crippen molar-refractivity contribution in [3.8, 4) is 0 Å². The molecule has 0 bridgehead atoms. The minimum Gasteiger partial charge on any atom is -0.352 e. The maximum atomic E-state index is 13.5. The zero-order valence-corrected chi connectivity index (χ0v) is 21.3. The second-order valence-electron chi connectivity index (χ2n) is 7.66. The number of carbonyl (C=O) groups is 2. The number of unbranched alkanes of at least 4 members (excludes halogenated alkanes) is 1. The van der Waals surface area contributed by atoms with Crippen molar-refractivity contribution < 1.29 is 18.0 Å². The van der Waals surface area contributed by atoms with Gasteiger partial charge in [0, 0.05) is 16.6 Å². The molecule has 0 heterocycles. The number of carbonyl (C=O) groups excluding carboxylic acids is 2. The van der Waals surface area contributed by atoms with E-state index < -0.39 is 22.5 Å². The number of para-hydroxylation sites is 1. The standard InChI is InChI=1S/C25H25Cl2N3O4S/c1-2-3-13-28-25(32)22-11-7-8-12-23(22)29-24(31)17-30(20-15-18(26)14-19(27)16-20)35(33,34)21-9-5-4-6-10-21/h4-12,14-16H,2-3,13,17H2,1H3,(H,28,32)(H,29,31). The average molecular weight is 534 g/mol. The highest BCUT2D eigenvalue weighted by Gasteiger charge is 2.28. The van der Waals surface area contributed by atoms with Gasteiger partial charge in [-0.05, 0) is 48.9 Å². The Balaban J connectivity index is 1.91. The van der Waals surface area contributed by atoms with Crippen LogP contribution in [0.1, 0.15) is 30.1 Å². The van der Waals surface area contributed by atoms with E-state index in [-0.39, 0.29) is 37.8 Å². The summed E-state index contributed by atoms with van der Waals surface area (Å²) >= 11 is 12.2. The van der Waals surface area contributed by atoms with E-state index in [2.05, 4.69) is 10.6 Å². The predicted molar refractivity (Wildman–Crippen MR) is 140 cm³/mol. The maximum Gasteiger partial charge on any atom is 0.264 e. The third-order valence-corrected chi connectivity index (χ3v) is 7.24. The lowest BCUT2D eigenvalue weighted by Gasteiger charge is -2.24. The molecule has 0 unspecified atom stereocenters. The summed E-state index contributed by atoms with van der Waals surface area (Å²) in [5.41, 5.74) is 0.681. The Bertz CT molecular complexity index is 1280. The van der Waals surface area contributed by atoms with Crippen LogP contribution in [0.4, 0.5) is 11.4 Å². The van der Waals surface area contributed by atoms with Crippen LogP contribution in [0, 0.1) is 0 Å². The fourth-order valence-corrected chi connectivity index (χ4v) is 5.24. The van der Waals surface area contributed by atoms with Crippen LogP contribution in [0.3, 0.4) is 0 Å². The molecule has 0 aliphatic heterocycles. The Hall–Kier alpha value is -3.07. The van der Waals surface area contributed by atoms with Gasteiger partial charge in [0.2, 0.25) is 5.91 Å². The van der Waals surface area contributed by atoms with Gasteiger partial charge in [-0.2, -0.15) is 0 Å². The fraction of sp³-hybridized carbons (Fsp3) is 0.200. The van der Waals surface area contributed by atoms with Crippen LogP contribution in [0.5, 0.6) is 0 Å². The summed E-state index contributed by atoms with van der Waals surface area (Å²) in [5.74, 6) is -0.973. The number of benzene rings is 3. The molecule has 0 saturated carbocycles. The normalized spacial score (nSPS) is 11.1. The third-order valence-electron chi connectivity index (χ3n) is 5.02. The van der Waals surface area contributed by atoms with Gasteiger partial charge in [-0.3, -0.25) is 13.9 Å². The van der Waals surface area contributed by atoms with Gasteiger partial charge in [0.1, 0.15) is 6.54 Å². The molecule has 10 heteroatoms. The zero-order valence-electron chi connectivity index (χ0n) is 19.0. The maximum absolute atomic E-state index is 13.5. The third kappa shape index (κ3) is 6.97. The summed E-state index contributed by atoms with van der Waals surface area (Å²) in [5, 5.41) is 5.91. The second kappa shape index (κ2) is 12.1. The van der Waals surface area contributed by atoms with Gasteiger partial charge in [0.05, 0.1) is 21.8 Å². The molecular weight excluding hydrogens is 509 g/mol. The Morgan fingerprint density at radius 3 is 2.20 bits per heavy atom. The molecule has 3 aromatic carbocycles. The van der Waals surface area contributed by atoms with E-state index in [1.807, 2.05) is 6.92 Å². The van der Waals surface area contributed by atoms with Crippen molar-refractivity contribution in [2.45, 2.75) is 24.7 Å².